The number of nitrogens with zero attached hydrogens (tertiary/aromatic N) is 1. The molecule has 1 heterocycles. The second-order valence-electron chi connectivity index (χ2n) is 2.61. The molecule has 3 heteroatoms. The normalized spacial score (nSPS) is 10.4. The van der Waals surface area contributed by atoms with Crippen molar-refractivity contribution in [3.8, 4) is 0 Å². The highest BCUT2D eigenvalue weighted by molar-refractivity contribution is 5.95. The molecule has 2 rings (SSSR count). The molecule has 0 spiro atoms. The van der Waals surface area contributed by atoms with E-state index in [1.54, 1.807) is 6.07 Å². The van der Waals surface area contributed by atoms with Crippen molar-refractivity contribution in [3.63, 3.8) is 0 Å². The first-order valence-corrected chi connectivity index (χ1v) is 3.63. The molecule has 0 atom stereocenters. The van der Waals surface area contributed by atoms with Crippen molar-refractivity contribution in [2.75, 3.05) is 0 Å². The number of hydrogen-bond acceptors (Lipinski definition) is 3. The largest absolute Gasteiger partial charge is 0.355 e. The van der Waals surface area contributed by atoms with E-state index >= 15 is 0 Å². The molecular formula is C9H7NO2. The van der Waals surface area contributed by atoms with E-state index in [0.29, 0.717) is 11.1 Å². The number of carbonyl (C=O) groups excluding carboxylic acids is 1. The van der Waals surface area contributed by atoms with Gasteiger partial charge in [-0.25, -0.2) is 0 Å². The van der Waals surface area contributed by atoms with Crippen LogP contribution >= 0.6 is 0 Å². The van der Waals surface area contributed by atoms with E-state index < -0.39 is 0 Å². The van der Waals surface area contributed by atoms with E-state index in [9.17, 15) is 4.79 Å². The van der Waals surface area contributed by atoms with Crippen LogP contribution in [-0.2, 0) is 0 Å². The molecule has 0 saturated carbocycles. The molecule has 3 nitrogen and oxygen atoms in total. The Kier molecular flexibility index (Phi) is 1.43. The molecular weight excluding hydrogens is 154 g/mol. The Morgan fingerprint density at radius 2 is 2.33 bits per heavy atom. The van der Waals surface area contributed by atoms with Crippen LogP contribution in [0.4, 0.5) is 0 Å². The Hall–Kier alpha value is -1.64. The topological polar surface area (TPSA) is 43.1 Å². The van der Waals surface area contributed by atoms with Crippen molar-refractivity contribution in [3.05, 3.63) is 29.5 Å². The summed E-state index contributed by atoms with van der Waals surface area (Å²) < 4.78 is 4.99. The predicted molar refractivity (Wildman–Crippen MR) is 44.1 cm³/mol. The van der Waals surface area contributed by atoms with Crippen LogP contribution in [0.25, 0.3) is 11.0 Å². The highest BCUT2D eigenvalue weighted by Crippen LogP contribution is 2.19. The number of aromatic nitrogens is 1. The van der Waals surface area contributed by atoms with Crippen LogP contribution in [0.15, 0.2) is 22.7 Å². The lowest BCUT2D eigenvalue weighted by atomic mass is 10.1. The molecule has 1 aromatic heterocycles. The molecule has 1 aromatic carbocycles. The number of rotatable bonds is 1. The Labute approximate surface area is 69.0 Å². The lowest BCUT2D eigenvalue weighted by Crippen LogP contribution is -1.78. The maximum atomic E-state index is 10.5. The Balaban J connectivity index is 2.89. The number of fused-ring (bicyclic) bond motifs is 1. The van der Waals surface area contributed by atoms with Gasteiger partial charge in [0.15, 0.2) is 11.9 Å². The molecule has 0 fully saturated rings. The quantitative estimate of drug-likeness (QED) is 0.600. The molecule has 0 radical (unpaired) electrons. The summed E-state index contributed by atoms with van der Waals surface area (Å²) in [6.45, 7) is 1.85. The van der Waals surface area contributed by atoms with Gasteiger partial charge < -0.3 is 4.52 Å². The molecule has 0 aliphatic rings. The average molecular weight is 161 g/mol. The monoisotopic (exact) mass is 161 g/mol. The maximum absolute atomic E-state index is 10.5. The fraction of sp³-hybridized carbons (Fsp3) is 0.111. The Bertz CT molecular complexity index is 431. The minimum absolute atomic E-state index is 0.549. The maximum Gasteiger partial charge on any atom is 0.177 e. The smallest absolute Gasteiger partial charge is 0.177 e. The molecule has 60 valence electrons. The first-order chi connectivity index (χ1) is 5.83. The van der Waals surface area contributed by atoms with Crippen molar-refractivity contribution >= 4 is 17.3 Å². The SMILES string of the molecule is Cc1noc2c(C=O)cccc12. The molecule has 0 aliphatic heterocycles. The van der Waals surface area contributed by atoms with Gasteiger partial charge in [-0.15, -0.1) is 0 Å². The molecule has 0 aliphatic carbocycles. The molecule has 0 amide bonds. The van der Waals surface area contributed by atoms with Gasteiger partial charge in [0.25, 0.3) is 0 Å². The Morgan fingerprint density at radius 3 is 3.08 bits per heavy atom. The van der Waals surface area contributed by atoms with Crippen molar-refractivity contribution in [1.29, 1.82) is 0 Å². The summed E-state index contributed by atoms with van der Waals surface area (Å²) in [5.74, 6) is 0. The van der Waals surface area contributed by atoms with E-state index in [1.807, 2.05) is 19.1 Å². The summed E-state index contributed by atoms with van der Waals surface area (Å²) in [4.78, 5) is 10.5. The third kappa shape index (κ3) is 0.830. The van der Waals surface area contributed by atoms with Gasteiger partial charge in [0.1, 0.15) is 0 Å². The fourth-order valence-electron chi connectivity index (χ4n) is 1.20. The van der Waals surface area contributed by atoms with E-state index in [-0.39, 0.29) is 0 Å². The van der Waals surface area contributed by atoms with Crippen molar-refractivity contribution in [1.82, 2.24) is 5.16 Å². The molecule has 0 N–H and O–H groups in total. The third-order valence-corrected chi connectivity index (χ3v) is 1.84. The van der Waals surface area contributed by atoms with Crippen LogP contribution in [0.1, 0.15) is 16.1 Å². The van der Waals surface area contributed by atoms with Gasteiger partial charge in [-0.3, -0.25) is 4.79 Å². The summed E-state index contributed by atoms with van der Waals surface area (Å²) in [6.07, 6.45) is 0.771. The minimum Gasteiger partial charge on any atom is -0.355 e. The van der Waals surface area contributed by atoms with Crippen LogP contribution in [-0.4, -0.2) is 11.4 Å². The number of carbonyl (C=O) groups is 1. The van der Waals surface area contributed by atoms with Gasteiger partial charge in [-0.2, -0.15) is 0 Å². The first kappa shape index (κ1) is 7.03. The number of para-hydroxylation sites is 1. The minimum atomic E-state index is 0.549. The van der Waals surface area contributed by atoms with Gasteiger partial charge in [-0.05, 0) is 19.1 Å². The first-order valence-electron chi connectivity index (χ1n) is 3.63. The molecule has 0 unspecified atom stereocenters. The Morgan fingerprint density at radius 1 is 1.50 bits per heavy atom. The van der Waals surface area contributed by atoms with Gasteiger partial charge >= 0.3 is 0 Å². The van der Waals surface area contributed by atoms with Crippen molar-refractivity contribution in [2.24, 2.45) is 0 Å². The fourth-order valence-corrected chi connectivity index (χ4v) is 1.20. The van der Waals surface area contributed by atoms with E-state index in [2.05, 4.69) is 5.16 Å². The highest BCUT2D eigenvalue weighted by atomic mass is 16.5. The van der Waals surface area contributed by atoms with Crippen molar-refractivity contribution in [2.45, 2.75) is 6.92 Å². The van der Waals surface area contributed by atoms with Crippen LogP contribution in [0.5, 0.6) is 0 Å². The second kappa shape index (κ2) is 2.44. The van der Waals surface area contributed by atoms with Gasteiger partial charge in [0, 0.05) is 5.39 Å². The number of aldehydes is 1. The second-order valence-corrected chi connectivity index (χ2v) is 2.61. The summed E-state index contributed by atoms with van der Waals surface area (Å²) >= 11 is 0. The third-order valence-electron chi connectivity index (χ3n) is 1.84. The number of hydrogen-bond donors (Lipinski definition) is 0. The molecule has 0 bridgehead atoms. The van der Waals surface area contributed by atoms with Crippen molar-refractivity contribution < 1.29 is 9.32 Å². The zero-order chi connectivity index (χ0) is 8.55. The molecule has 0 saturated heterocycles. The van der Waals surface area contributed by atoms with Gasteiger partial charge in [0.2, 0.25) is 0 Å². The predicted octanol–water partition coefficient (Wildman–Crippen LogP) is 1.95. The van der Waals surface area contributed by atoms with E-state index in [1.165, 1.54) is 0 Å². The van der Waals surface area contributed by atoms with Crippen LogP contribution in [0, 0.1) is 6.92 Å². The van der Waals surface area contributed by atoms with Gasteiger partial charge in [-0.1, -0.05) is 11.2 Å². The van der Waals surface area contributed by atoms with Gasteiger partial charge in [0.05, 0.1) is 11.3 Å². The van der Waals surface area contributed by atoms with E-state index in [4.69, 9.17) is 4.52 Å². The molecule has 2 aromatic rings. The standard InChI is InChI=1S/C9H7NO2/c1-6-8-4-2-3-7(5-11)9(8)12-10-6/h2-5H,1H3. The van der Waals surface area contributed by atoms with E-state index in [0.717, 1.165) is 17.4 Å². The highest BCUT2D eigenvalue weighted by Gasteiger charge is 2.06. The summed E-state index contributed by atoms with van der Waals surface area (Å²) in [6, 6.07) is 5.41. The summed E-state index contributed by atoms with van der Waals surface area (Å²) in [5.41, 5.74) is 1.94. The lowest BCUT2D eigenvalue weighted by Gasteiger charge is -1.89. The average Bonchev–Trinajstić information content (AvgIpc) is 2.48. The molecule has 12 heavy (non-hydrogen) atoms. The summed E-state index contributed by atoms with van der Waals surface area (Å²) in [5, 5.41) is 4.67. The number of benzene rings is 1. The van der Waals surface area contributed by atoms with Crippen LogP contribution in [0.2, 0.25) is 0 Å². The lowest BCUT2D eigenvalue weighted by molar-refractivity contribution is 0.112. The number of aryl methyl sites for hydroxylation is 1. The summed E-state index contributed by atoms with van der Waals surface area (Å²) in [7, 11) is 0. The van der Waals surface area contributed by atoms with Crippen LogP contribution in [0.3, 0.4) is 0 Å². The zero-order valence-electron chi connectivity index (χ0n) is 6.57. The van der Waals surface area contributed by atoms with Crippen LogP contribution < -0.4 is 0 Å². The zero-order valence-corrected chi connectivity index (χ0v) is 6.57.